The first-order chi connectivity index (χ1) is 6.27. The molecule has 0 bridgehead atoms. The Labute approximate surface area is 81.8 Å². The Balaban J connectivity index is 2.92. The van der Waals surface area contributed by atoms with E-state index >= 15 is 0 Å². The lowest BCUT2D eigenvalue weighted by atomic mass is 10.3. The molecule has 3 nitrogen and oxygen atoms in total. The lowest BCUT2D eigenvalue weighted by Crippen LogP contribution is -1.94. The minimum absolute atomic E-state index is 0.294. The molecule has 0 aliphatic heterocycles. The molecule has 0 saturated carbocycles. The zero-order chi connectivity index (χ0) is 9.68. The Morgan fingerprint density at radius 2 is 2.15 bits per heavy atom. The average molecular weight is 193 g/mol. The topological polar surface area (TPSA) is 51.8 Å². The van der Waals surface area contributed by atoms with Gasteiger partial charge in [0.2, 0.25) is 5.95 Å². The van der Waals surface area contributed by atoms with Crippen molar-refractivity contribution in [2.24, 2.45) is 0 Å². The van der Waals surface area contributed by atoms with Crippen molar-refractivity contribution in [3.05, 3.63) is 36.0 Å². The van der Waals surface area contributed by atoms with Crippen molar-refractivity contribution in [3.8, 4) is 0 Å². The van der Waals surface area contributed by atoms with Gasteiger partial charge in [0.15, 0.2) is 0 Å². The van der Waals surface area contributed by atoms with Gasteiger partial charge in [-0.05, 0) is 12.3 Å². The van der Waals surface area contributed by atoms with Gasteiger partial charge in [0.1, 0.15) is 0 Å². The highest BCUT2D eigenvalue weighted by atomic mass is 32.2. The molecule has 1 heterocycles. The number of nitrogens with zero attached hydrogens (tertiary/aromatic N) is 2. The van der Waals surface area contributed by atoms with Crippen molar-refractivity contribution < 1.29 is 0 Å². The molecule has 0 aliphatic carbocycles. The fraction of sp³-hybridized carbons (Fsp3) is 0.111. The van der Waals surface area contributed by atoms with E-state index in [1.807, 2.05) is 13.0 Å². The van der Waals surface area contributed by atoms with Gasteiger partial charge in [0, 0.05) is 22.9 Å². The molecule has 0 atom stereocenters. The Kier molecular flexibility index (Phi) is 3.52. The summed E-state index contributed by atoms with van der Waals surface area (Å²) in [6, 6.07) is 0. The Morgan fingerprint density at radius 3 is 2.62 bits per heavy atom. The zero-order valence-electron chi connectivity index (χ0n) is 7.40. The highest BCUT2D eigenvalue weighted by Gasteiger charge is 1.99. The summed E-state index contributed by atoms with van der Waals surface area (Å²) < 4.78 is 0. The molecule has 68 valence electrons. The summed E-state index contributed by atoms with van der Waals surface area (Å²) >= 11 is 1.54. The largest absolute Gasteiger partial charge is 0.368 e. The van der Waals surface area contributed by atoms with E-state index in [1.54, 1.807) is 17.8 Å². The SMILES string of the molecule is C=CS/C(=C\C)c1cnc(N)nc1. The first kappa shape index (κ1) is 9.80. The molecule has 1 aromatic rings. The number of hydrogen-bond donors (Lipinski definition) is 1. The van der Waals surface area contributed by atoms with Crippen molar-refractivity contribution in [3.63, 3.8) is 0 Å². The predicted molar refractivity (Wildman–Crippen MR) is 57.9 cm³/mol. The minimum atomic E-state index is 0.294. The van der Waals surface area contributed by atoms with Crippen LogP contribution in [0.4, 0.5) is 5.95 Å². The van der Waals surface area contributed by atoms with Gasteiger partial charge in [-0.1, -0.05) is 24.4 Å². The van der Waals surface area contributed by atoms with Crippen molar-refractivity contribution >= 4 is 22.6 Å². The van der Waals surface area contributed by atoms with E-state index in [2.05, 4.69) is 16.5 Å². The van der Waals surface area contributed by atoms with Crippen molar-refractivity contribution in [1.29, 1.82) is 0 Å². The third-order valence-corrected chi connectivity index (χ3v) is 2.32. The van der Waals surface area contributed by atoms with Crippen LogP contribution in [-0.4, -0.2) is 9.97 Å². The van der Waals surface area contributed by atoms with Crippen LogP contribution in [0.2, 0.25) is 0 Å². The number of nitrogen functional groups attached to an aromatic ring is 1. The van der Waals surface area contributed by atoms with E-state index in [-0.39, 0.29) is 0 Å². The van der Waals surface area contributed by atoms with E-state index in [1.165, 1.54) is 11.8 Å². The molecule has 0 spiro atoms. The monoisotopic (exact) mass is 193 g/mol. The van der Waals surface area contributed by atoms with Crippen LogP contribution in [0.3, 0.4) is 0 Å². The van der Waals surface area contributed by atoms with Gasteiger partial charge in [0.25, 0.3) is 0 Å². The van der Waals surface area contributed by atoms with Gasteiger partial charge in [-0.15, -0.1) is 0 Å². The smallest absolute Gasteiger partial charge is 0.219 e. The number of anilines is 1. The molecule has 0 radical (unpaired) electrons. The number of allylic oxidation sites excluding steroid dienone is 1. The molecule has 4 heteroatoms. The second kappa shape index (κ2) is 4.67. The lowest BCUT2D eigenvalue weighted by molar-refractivity contribution is 1.17. The molecular weight excluding hydrogens is 182 g/mol. The van der Waals surface area contributed by atoms with Gasteiger partial charge in [-0.3, -0.25) is 0 Å². The molecule has 0 amide bonds. The van der Waals surface area contributed by atoms with E-state index in [4.69, 9.17) is 5.73 Å². The second-order valence-electron chi connectivity index (χ2n) is 2.27. The minimum Gasteiger partial charge on any atom is -0.368 e. The van der Waals surface area contributed by atoms with Crippen LogP contribution in [0.5, 0.6) is 0 Å². The fourth-order valence-corrected chi connectivity index (χ4v) is 1.41. The maximum Gasteiger partial charge on any atom is 0.219 e. The Bertz CT molecular complexity index is 316. The normalized spacial score (nSPS) is 11.3. The van der Waals surface area contributed by atoms with Gasteiger partial charge < -0.3 is 5.73 Å². The molecule has 0 unspecified atom stereocenters. The summed E-state index contributed by atoms with van der Waals surface area (Å²) in [7, 11) is 0. The van der Waals surface area contributed by atoms with Crippen LogP contribution in [0.25, 0.3) is 4.91 Å². The molecule has 1 aromatic heterocycles. The highest BCUT2D eigenvalue weighted by molar-refractivity contribution is 8.10. The molecule has 1 rings (SSSR count). The second-order valence-corrected chi connectivity index (χ2v) is 3.28. The zero-order valence-corrected chi connectivity index (χ0v) is 8.21. The number of thioether (sulfide) groups is 1. The van der Waals surface area contributed by atoms with E-state index in [0.717, 1.165) is 10.5 Å². The van der Waals surface area contributed by atoms with Crippen LogP contribution >= 0.6 is 11.8 Å². The van der Waals surface area contributed by atoms with Gasteiger partial charge in [-0.25, -0.2) is 9.97 Å². The van der Waals surface area contributed by atoms with Crippen molar-refractivity contribution in [2.45, 2.75) is 6.92 Å². The first-order valence-corrected chi connectivity index (χ1v) is 4.67. The highest BCUT2D eigenvalue weighted by Crippen LogP contribution is 2.26. The van der Waals surface area contributed by atoms with Gasteiger partial charge >= 0.3 is 0 Å². The molecule has 0 aromatic carbocycles. The third kappa shape index (κ3) is 2.59. The van der Waals surface area contributed by atoms with E-state index in [9.17, 15) is 0 Å². The molecule has 0 aliphatic rings. The molecule has 0 fully saturated rings. The lowest BCUT2D eigenvalue weighted by Gasteiger charge is -2.01. The quantitative estimate of drug-likeness (QED) is 0.800. The first-order valence-electron chi connectivity index (χ1n) is 3.79. The number of rotatable bonds is 3. The van der Waals surface area contributed by atoms with Crippen LogP contribution < -0.4 is 5.73 Å². The van der Waals surface area contributed by atoms with Gasteiger partial charge in [-0.2, -0.15) is 0 Å². The number of aromatic nitrogens is 2. The third-order valence-electron chi connectivity index (χ3n) is 1.43. The van der Waals surface area contributed by atoms with E-state index in [0.29, 0.717) is 5.95 Å². The average Bonchev–Trinajstić information content (AvgIpc) is 2.16. The van der Waals surface area contributed by atoms with Crippen molar-refractivity contribution in [1.82, 2.24) is 9.97 Å². The number of hydrogen-bond acceptors (Lipinski definition) is 4. The summed E-state index contributed by atoms with van der Waals surface area (Å²) in [5.41, 5.74) is 6.33. The molecule has 2 N–H and O–H groups in total. The van der Waals surface area contributed by atoms with E-state index < -0.39 is 0 Å². The fourth-order valence-electron chi connectivity index (χ4n) is 0.858. The van der Waals surface area contributed by atoms with Crippen LogP contribution in [-0.2, 0) is 0 Å². The summed E-state index contributed by atoms with van der Waals surface area (Å²) in [4.78, 5) is 8.90. The Hall–Kier alpha value is -1.29. The maximum atomic E-state index is 5.37. The summed E-state index contributed by atoms with van der Waals surface area (Å²) in [5.74, 6) is 0.294. The Morgan fingerprint density at radius 1 is 1.54 bits per heavy atom. The predicted octanol–water partition coefficient (Wildman–Crippen LogP) is 2.30. The molecule has 13 heavy (non-hydrogen) atoms. The maximum absolute atomic E-state index is 5.37. The van der Waals surface area contributed by atoms with Crippen LogP contribution in [0.1, 0.15) is 12.5 Å². The van der Waals surface area contributed by atoms with Crippen molar-refractivity contribution in [2.75, 3.05) is 5.73 Å². The van der Waals surface area contributed by atoms with Gasteiger partial charge in [0.05, 0.1) is 0 Å². The standard InChI is InChI=1S/C9H11N3S/c1-3-8(13-4-2)7-5-11-9(10)12-6-7/h3-6H,2H2,1H3,(H2,10,11,12)/b8-3-. The summed E-state index contributed by atoms with van der Waals surface area (Å²) in [6.45, 7) is 5.61. The summed E-state index contributed by atoms with van der Waals surface area (Å²) in [6.07, 6.45) is 5.39. The van der Waals surface area contributed by atoms with Crippen LogP contribution in [0, 0.1) is 0 Å². The molecule has 0 saturated heterocycles. The molecular formula is C9H11N3S. The van der Waals surface area contributed by atoms with Crippen LogP contribution in [0.15, 0.2) is 30.5 Å². The number of nitrogens with two attached hydrogens (primary N) is 1. The summed E-state index contributed by atoms with van der Waals surface area (Å²) in [5, 5.41) is 1.77.